The van der Waals surface area contributed by atoms with Gasteiger partial charge in [-0.05, 0) is 38.0 Å². The smallest absolute Gasteiger partial charge is 0.221 e. The molecule has 0 saturated carbocycles. The van der Waals surface area contributed by atoms with Crippen molar-refractivity contribution in [2.45, 2.75) is 40.2 Å². The van der Waals surface area contributed by atoms with Crippen LogP contribution in [0.1, 0.15) is 35.9 Å². The van der Waals surface area contributed by atoms with E-state index in [1.807, 2.05) is 38.1 Å². The van der Waals surface area contributed by atoms with Crippen molar-refractivity contribution >= 4 is 17.5 Å². The Labute approximate surface area is 135 Å². The van der Waals surface area contributed by atoms with Crippen molar-refractivity contribution in [1.82, 2.24) is 10.5 Å². The molecule has 0 bridgehead atoms. The first-order valence-corrected chi connectivity index (χ1v) is 7.50. The number of hydrogen-bond donors (Lipinski definition) is 2. The van der Waals surface area contributed by atoms with Crippen LogP contribution in [0, 0.1) is 13.8 Å². The number of aryl methyl sites for hydroxylation is 2. The molecule has 1 aromatic carbocycles. The van der Waals surface area contributed by atoms with Crippen LogP contribution >= 0.6 is 0 Å². The molecule has 23 heavy (non-hydrogen) atoms. The maximum absolute atomic E-state index is 11.9. The van der Waals surface area contributed by atoms with Crippen molar-refractivity contribution in [3.05, 3.63) is 46.8 Å². The Hall–Kier alpha value is -2.63. The fourth-order valence-electron chi connectivity index (χ4n) is 2.30. The van der Waals surface area contributed by atoms with Crippen molar-refractivity contribution in [2.24, 2.45) is 0 Å². The lowest BCUT2D eigenvalue weighted by atomic mass is 10.1. The monoisotopic (exact) mass is 315 g/mol. The van der Waals surface area contributed by atoms with E-state index in [0.29, 0.717) is 19.4 Å². The van der Waals surface area contributed by atoms with E-state index < -0.39 is 0 Å². The van der Waals surface area contributed by atoms with Crippen molar-refractivity contribution < 1.29 is 14.1 Å². The van der Waals surface area contributed by atoms with Gasteiger partial charge < -0.3 is 15.2 Å². The number of benzene rings is 1. The highest BCUT2D eigenvalue weighted by molar-refractivity contribution is 5.88. The van der Waals surface area contributed by atoms with Crippen LogP contribution in [0.4, 0.5) is 5.69 Å². The van der Waals surface area contributed by atoms with E-state index in [1.54, 1.807) is 0 Å². The fraction of sp³-hybridized carbons (Fsp3) is 0.353. The average Bonchev–Trinajstić information content (AvgIpc) is 2.83. The van der Waals surface area contributed by atoms with Gasteiger partial charge in [-0.1, -0.05) is 17.3 Å². The van der Waals surface area contributed by atoms with Gasteiger partial charge in [-0.25, -0.2) is 0 Å². The molecule has 0 aliphatic rings. The van der Waals surface area contributed by atoms with Crippen LogP contribution in [0.25, 0.3) is 0 Å². The summed E-state index contributed by atoms with van der Waals surface area (Å²) in [6.45, 7) is 5.65. The van der Waals surface area contributed by atoms with Crippen LogP contribution in [0.3, 0.4) is 0 Å². The van der Waals surface area contributed by atoms with Gasteiger partial charge in [0.2, 0.25) is 11.8 Å². The van der Waals surface area contributed by atoms with Gasteiger partial charge in [-0.3, -0.25) is 9.59 Å². The van der Waals surface area contributed by atoms with E-state index in [-0.39, 0.29) is 11.8 Å². The van der Waals surface area contributed by atoms with Gasteiger partial charge in [-0.2, -0.15) is 0 Å². The second-order valence-corrected chi connectivity index (χ2v) is 5.46. The highest BCUT2D eigenvalue weighted by Gasteiger charge is 2.11. The van der Waals surface area contributed by atoms with Crippen LogP contribution in [-0.4, -0.2) is 17.0 Å². The maximum Gasteiger partial charge on any atom is 0.221 e. The predicted octanol–water partition coefficient (Wildman–Crippen LogP) is 2.50. The lowest BCUT2D eigenvalue weighted by Gasteiger charge is -2.07. The lowest BCUT2D eigenvalue weighted by molar-refractivity contribution is -0.121. The third-order valence-electron chi connectivity index (χ3n) is 3.55. The summed E-state index contributed by atoms with van der Waals surface area (Å²) in [6.07, 6.45) is 1.02. The molecule has 6 nitrogen and oxygen atoms in total. The number of anilines is 1. The second-order valence-electron chi connectivity index (χ2n) is 5.46. The minimum absolute atomic E-state index is 0.0177. The summed E-state index contributed by atoms with van der Waals surface area (Å²) in [7, 11) is 0. The second kappa shape index (κ2) is 7.58. The van der Waals surface area contributed by atoms with E-state index in [0.717, 1.165) is 28.3 Å². The normalized spacial score (nSPS) is 10.4. The SMILES string of the molecule is CC(=O)Nc1ccc(CNC(=O)CCc2c(C)noc2C)cc1. The van der Waals surface area contributed by atoms with Crippen molar-refractivity contribution in [3.63, 3.8) is 0 Å². The number of rotatable bonds is 6. The van der Waals surface area contributed by atoms with Gasteiger partial charge in [0.25, 0.3) is 0 Å². The molecule has 6 heteroatoms. The Morgan fingerprint density at radius 3 is 2.43 bits per heavy atom. The third kappa shape index (κ3) is 4.95. The maximum atomic E-state index is 11.9. The Bertz CT molecular complexity index is 670. The molecule has 0 atom stereocenters. The topological polar surface area (TPSA) is 84.2 Å². The molecule has 0 aliphatic heterocycles. The Balaban J connectivity index is 1.79. The van der Waals surface area contributed by atoms with E-state index in [1.165, 1.54) is 6.92 Å². The summed E-state index contributed by atoms with van der Waals surface area (Å²) in [4.78, 5) is 22.9. The summed E-state index contributed by atoms with van der Waals surface area (Å²) < 4.78 is 5.08. The van der Waals surface area contributed by atoms with Crippen molar-refractivity contribution in [1.29, 1.82) is 0 Å². The highest BCUT2D eigenvalue weighted by atomic mass is 16.5. The number of carbonyl (C=O) groups is 2. The molecule has 122 valence electrons. The molecular weight excluding hydrogens is 294 g/mol. The molecule has 0 aliphatic carbocycles. The zero-order valence-electron chi connectivity index (χ0n) is 13.6. The first-order chi connectivity index (χ1) is 11.0. The van der Waals surface area contributed by atoms with Crippen molar-refractivity contribution in [2.75, 3.05) is 5.32 Å². The minimum Gasteiger partial charge on any atom is -0.361 e. The van der Waals surface area contributed by atoms with Crippen LogP contribution < -0.4 is 10.6 Å². The zero-order valence-corrected chi connectivity index (χ0v) is 13.6. The molecule has 0 spiro atoms. The van der Waals surface area contributed by atoms with Crippen LogP contribution in [0.5, 0.6) is 0 Å². The van der Waals surface area contributed by atoms with E-state index >= 15 is 0 Å². The molecule has 1 heterocycles. The van der Waals surface area contributed by atoms with Gasteiger partial charge >= 0.3 is 0 Å². The van der Waals surface area contributed by atoms with Gasteiger partial charge in [0.15, 0.2) is 0 Å². The van der Waals surface area contributed by atoms with Crippen LogP contribution in [0.15, 0.2) is 28.8 Å². The summed E-state index contributed by atoms with van der Waals surface area (Å²) >= 11 is 0. The summed E-state index contributed by atoms with van der Waals surface area (Å²) in [6, 6.07) is 7.37. The van der Waals surface area contributed by atoms with Crippen LogP contribution in [-0.2, 0) is 22.6 Å². The molecule has 2 rings (SSSR count). The first kappa shape index (κ1) is 16.7. The molecule has 2 aromatic rings. The molecule has 0 saturated heterocycles. The summed E-state index contributed by atoms with van der Waals surface area (Å²) in [5.74, 6) is 0.644. The van der Waals surface area contributed by atoms with Gasteiger partial charge in [0.1, 0.15) is 5.76 Å². The molecule has 0 radical (unpaired) electrons. The summed E-state index contributed by atoms with van der Waals surface area (Å²) in [5.41, 5.74) is 3.56. The molecule has 1 aromatic heterocycles. The Morgan fingerprint density at radius 1 is 1.17 bits per heavy atom. The quantitative estimate of drug-likeness (QED) is 0.858. The van der Waals surface area contributed by atoms with Gasteiger partial charge in [-0.15, -0.1) is 0 Å². The van der Waals surface area contributed by atoms with E-state index in [4.69, 9.17) is 4.52 Å². The molecule has 0 fully saturated rings. The number of nitrogens with one attached hydrogen (secondary N) is 2. The molecular formula is C17H21N3O3. The molecule has 0 unspecified atom stereocenters. The predicted molar refractivity (Wildman–Crippen MR) is 86.9 cm³/mol. The van der Waals surface area contributed by atoms with Crippen LogP contribution in [0.2, 0.25) is 0 Å². The molecule has 2 N–H and O–H groups in total. The lowest BCUT2D eigenvalue weighted by Crippen LogP contribution is -2.23. The number of hydrogen-bond acceptors (Lipinski definition) is 4. The third-order valence-corrected chi connectivity index (χ3v) is 3.55. The zero-order chi connectivity index (χ0) is 16.8. The first-order valence-electron chi connectivity index (χ1n) is 7.50. The fourth-order valence-corrected chi connectivity index (χ4v) is 2.30. The van der Waals surface area contributed by atoms with Gasteiger partial charge in [0, 0.05) is 31.1 Å². The number of amides is 2. The van der Waals surface area contributed by atoms with E-state index in [2.05, 4.69) is 15.8 Å². The largest absolute Gasteiger partial charge is 0.361 e. The Kier molecular flexibility index (Phi) is 5.51. The summed E-state index contributed by atoms with van der Waals surface area (Å²) in [5, 5.41) is 9.47. The van der Waals surface area contributed by atoms with E-state index in [9.17, 15) is 9.59 Å². The number of carbonyl (C=O) groups excluding carboxylic acids is 2. The average molecular weight is 315 g/mol. The van der Waals surface area contributed by atoms with Crippen molar-refractivity contribution in [3.8, 4) is 0 Å². The highest BCUT2D eigenvalue weighted by Crippen LogP contribution is 2.14. The molecule has 2 amide bonds. The Morgan fingerprint density at radius 2 is 1.87 bits per heavy atom. The number of nitrogens with zero attached hydrogens (tertiary/aromatic N) is 1. The number of aromatic nitrogens is 1. The standard InChI is InChI=1S/C17H21N3O3/c1-11-16(12(2)23-20-11)8-9-17(22)18-10-14-4-6-15(7-5-14)19-13(3)21/h4-7H,8-10H2,1-3H3,(H,18,22)(H,19,21). The van der Waals surface area contributed by atoms with Gasteiger partial charge in [0.05, 0.1) is 5.69 Å². The minimum atomic E-state index is -0.106.